The van der Waals surface area contributed by atoms with E-state index in [1.807, 2.05) is 18.5 Å². The molecule has 0 bridgehead atoms. The fourth-order valence-electron chi connectivity index (χ4n) is 2.35. The molecule has 0 amide bonds. The summed E-state index contributed by atoms with van der Waals surface area (Å²) in [6.07, 6.45) is 5.77. The summed E-state index contributed by atoms with van der Waals surface area (Å²) in [5.74, 6) is 0.910. The summed E-state index contributed by atoms with van der Waals surface area (Å²) in [4.78, 5) is 11.1. The standard InChI is InChI=1S/C13H16N4/c1-11(13-14-5-3-6-15-13)17-9-8-16-7-2-4-12(16)10-17/h2-7,11H,8-10H2,1H3. The van der Waals surface area contributed by atoms with Gasteiger partial charge >= 0.3 is 0 Å². The van der Waals surface area contributed by atoms with Gasteiger partial charge in [-0.05, 0) is 25.1 Å². The van der Waals surface area contributed by atoms with E-state index in [1.165, 1.54) is 5.69 Å². The molecule has 4 nitrogen and oxygen atoms in total. The number of hydrogen-bond donors (Lipinski definition) is 0. The summed E-state index contributed by atoms with van der Waals surface area (Å²) in [5.41, 5.74) is 1.37. The van der Waals surface area contributed by atoms with Gasteiger partial charge in [0.2, 0.25) is 0 Å². The Kier molecular flexibility index (Phi) is 2.65. The first kappa shape index (κ1) is 10.5. The quantitative estimate of drug-likeness (QED) is 0.786. The molecule has 17 heavy (non-hydrogen) atoms. The van der Waals surface area contributed by atoms with Gasteiger partial charge in [0, 0.05) is 43.9 Å². The van der Waals surface area contributed by atoms with Crippen molar-refractivity contribution < 1.29 is 0 Å². The smallest absolute Gasteiger partial charge is 0.145 e. The Morgan fingerprint density at radius 1 is 1.18 bits per heavy atom. The van der Waals surface area contributed by atoms with Crippen LogP contribution in [-0.4, -0.2) is 26.0 Å². The second kappa shape index (κ2) is 4.30. The van der Waals surface area contributed by atoms with Gasteiger partial charge in [0.05, 0.1) is 6.04 Å². The number of hydrogen-bond acceptors (Lipinski definition) is 3. The lowest BCUT2D eigenvalue weighted by Gasteiger charge is -2.32. The fraction of sp³-hybridized carbons (Fsp3) is 0.385. The molecule has 3 rings (SSSR count). The van der Waals surface area contributed by atoms with Crippen LogP contribution in [0.25, 0.3) is 0 Å². The number of rotatable bonds is 2. The monoisotopic (exact) mass is 228 g/mol. The van der Waals surface area contributed by atoms with Gasteiger partial charge in [-0.15, -0.1) is 0 Å². The third-order valence-corrected chi connectivity index (χ3v) is 3.42. The van der Waals surface area contributed by atoms with E-state index in [1.54, 1.807) is 0 Å². The van der Waals surface area contributed by atoms with Crippen molar-refractivity contribution in [2.75, 3.05) is 6.54 Å². The summed E-state index contributed by atoms with van der Waals surface area (Å²) in [6, 6.07) is 6.44. The Bertz CT molecular complexity index is 491. The van der Waals surface area contributed by atoms with Gasteiger partial charge in [0.1, 0.15) is 5.82 Å². The van der Waals surface area contributed by atoms with Crippen molar-refractivity contribution in [1.29, 1.82) is 0 Å². The van der Waals surface area contributed by atoms with Crippen molar-refractivity contribution in [3.05, 3.63) is 48.3 Å². The Balaban J connectivity index is 1.79. The van der Waals surface area contributed by atoms with Crippen LogP contribution in [0.5, 0.6) is 0 Å². The molecule has 1 unspecified atom stereocenters. The molecule has 2 aromatic heterocycles. The fourth-order valence-corrected chi connectivity index (χ4v) is 2.35. The summed E-state index contributed by atoms with van der Waals surface area (Å²) in [6.45, 7) is 5.26. The van der Waals surface area contributed by atoms with Gasteiger partial charge in [0.15, 0.2) is 0 Å². The Morgan fingerprint density at radius 3 is 2.82 bits per heavy atom. The predicted octanol–water partition coefficient (Wildman–Crippen LogP) is 1.85. The van der Waals surface area contributed by atoms with Crippen LogP contribution in [0.2, 0.25) is 0 Å². The zero-order chi connectivity index (χ0) is 11.7. The van der Waals surface area contributed by atoms with Crippen LogP contribution < -0.4 is 0 Å². The van der Waals surface area contributed by atoms with Crippen molar-refractivity contribution in [3.8, 4) is 0 Å². The van der Waals surface area contributed by atoms with Crippen molar-refractivity contribution in [1.82, 2.24) is 19.4 Å². The number of nitrogens with zero attached hydrogens (tertiary/aromatic N) is 4. The molecule has 0 aliphatic carbocycles. The number of fused-ring (bicyclic) bond motifs is 1. The highest BCUT2D eigenvalue weighted by molar-refractivity contribution is 5.10. The maximum absolute atomic E-state index is 4.34. The molecule has 0 saturated carbocycles. The molecule has 1 aliphatic rings. The second-order valence-electron chi connectivity index (χ2n) is 4.45. The van der Waals surface area contributed by atoms with Crippen molar-refractivity contribution in [3.63, 3.8) is 0 Å². The molecule has 4 heteroatoms. The summed E-state index contributed by atoms with van der Waals surface area (Å²) < 4.78 is 2.31. The lowest BCUT2D eigenvalue weighted by Crippen LogP contribution is -2.35. The lowest BCUT2D eigenvalue weighted by molar-refractivity contribution is 0.161. The first-order chi connectivity index (χ1) is 8.34. The largest absolute Gasteiger partial charge is 0.349 e. The third kappa shape index (κ3) is 1.96. The summed E-state index contributed by atoms with van der Waals surface area (Å²) >= 11 is 0. The molecule has 0 saturated heterocycles. The molecular weight excluding hydrogens is 212 g/mol. The molecule has 0 radical (unpaired) electrons. The molecule has 1 atom stereocenters. The van der Waals surface area contributed by atoms with E-state index in [-0.39, 0.29) is 6.04 Å². The molecule has 3 heterocycles. The van der Waals surface area contributed by atoms with Crippen molar-refractivity contribution in [2.24, 2.45) is 0 Å². The maximum Gasteiger partial charge on any atom is 0.145 e. The molecule has 1 aliphatic heterocycles. The van der Waals surface area contributed by atoms with Crippen LogP contribution in [0.1, 0.15) is 24.5 Å². The van der Waals surface area contributed by atoms with Gasteiger partial charge in [-0.3, -0.25) is 4.90 Å². The predicted molar refractivity (Wildman–Crippen MR) is 65.3 cm³/mol. The summed E-state index contributed by atoms with van der Waals surface area (Å²) in [5, 5.41) is 0. The zero-order valence-corrected chi connectivity index (χ0v) is 9.95. The van der Waals surface area contributed by atoms with Crippen LogP contribution in [0, 0.1) is 0 Å². The molecule has 0 fully saturated rings. The second-order valence-corrected chi connectivity index (χ2v) is 4.45. The average molecular weight is 228 g/mol. The minimum absolute atomic E-state index is 0.278. The molecular formula is C13H16N4. The average Bonchev–Trinajstić information content (AvgIpc) is 2.86. The van der Waals surface area contributed by atoms with E-state index in [2.05, 4.69) is 44.7 Å². The molecule has 88 valence electrons. The van der Waals surface area contributed by atoms with Crippen LogP contribution >= 0.6 is 0 Å². The van der Waals surface area contributed by atoms with E-state index in [0.717, 1.165) is 25.5 Å². The van der Waals surface area contributed by atoms with Gasteiger partial charge in [-0.2, -0.15) is 0 Å². The first-order valence-electron chi connectivity index (χ1n) is 5.99. The van der Waals surface area contributed by atoms with E-state index < -0.39 is 0 Å². The van der Waals surface area contributed by atoms with Gasteiger partial charge in [-0.1, -0.05) is 0 Å². The van der Waals surface area contributed by atoms with Crippen LogP contribution in [-0.2, 0) is 13.1 Å². The zero-order valence-electron chi connectivity index (χ0n) is 9.95. The van der Waals surface area contributed by atoms with E-state index in [4.69, 9.17) is 0 Å². The minimum atomic E-state index is 0.278. The van der Waals surface area contributed by atoms with Gasteiger partial charge < -0.3 is 4.57 Å². The summed E-state index contributed by atoms with van der Waals surface area (Å²) in [7, 11) is 0. The highest BCUT2D eigenvalue weighted by atomic mass is 15.2. The Labute approximate surface area is 101 Å². The number of aromatic nitrogens is 3. The van der Waals surface area contributed by atoms with E-state index in [9.17, 15) is 0 Å². The van der Waals surface area contributed by atoms with Crippen molar-refractivity contribution in [2.45, 2.75) is 26.1 Å². The van der Waals surface area contributed by atoms with Crippen LogP contribution in [0.3, 0.4) is 0 Å². The Morgan fingerprint density at radius 2 is 2.00 bits per heavy atom. The molecule has 0 spiro atoms. The third-order valence-electron chi connectivity index (χ3n) is 3.42. The molecule has 0 aromatic carbocycles. The van der Waals surface area contributed by atoms with Crippen LogP contribution in [0.15, 0.2) is 36.8 Å². The lowest BCUT2D eigenvalue weighted by atomic mass is 10.2. The van der Waals surface area contributed by atoms with Gasteiger partial charge in [-0.25, -0.2) is 9.97 Å². The maximum atomic E-state index is 4.34. The van der Waals surface area contributed by atoms with Crippen LogP contribution in [0.4, 0.5) is 0 Å². The highest BCUT2D eigenvalue weighted by Crippen LogP contribution is 2.22. The Hall–Kier alpha value is -1.68. The topological polar surface area (TPSA) is 34.0 Å². The SMILES string of the molecule is CC(c1ncccn1)N1CCn2cccc2C1. The van der Waals surface area contributed by atoms with Gasteiger partial charge in [0.25, 0.3) is 0 Å². The molecule has 0 N–H and O–H groups in total. The van der Waals surface area contributed by atoms with E-state index in [0.29, 0.717) is 0 Å². The highest BCUT2D eigenvalue weighted by Gasteiger charge is 2.22. The normalized spacial score (nSPS) is 17.7. The molecule has 2 aromatic rings. The minimum Gasteiger partial charge on any atom is -0.349 e. The first-order valence-corrected chi connectivity index (χ1v) is 5.99. The van der Waals surface area contributed by atoms with E-state index >= 15 is 0 Å². The van der Waals surface area contributed by atoms with Crippen molar-refractivity contribution >= 4 is 0 Å².